The molecule has 0 N–H and O–H groups in total. The number of esters is 1. The van der Waals surface area contributed by atoms with Crippen molar-refractivity contribution in [3.63, 3.8) is 0 Å². The van der Waals surface area contributed by atoms with E-state index in [-0.39, 0.29) is 52.8 Å². The zero-order valence-electron chi connectivity index (χ0n) is 16.9. The summed E-state index contributed by atoms with van der Waals surface area (Å²) in [7, 11) is -13.5. The predicted octanol–water partition coefficient (Wildman–Crippen LogP) is 1.88. The van der Waals surface area contributed by atoms with Crippen LogP contribution in [0.4, 0.5) is 19.4 Å². The molecule has 2 aromatic rings. The minimum atomic E-state index is -10.5. The summed E-state index contributed by atoms with van der Waals surface area (Å²) in [5, 5.41) is 0. The molecule has 0 heterocycles. The number of halogens is 5. The van der Waals surface area contributed by atoms with E-state index in [0.29, 0.717) is 6.07 Å². The number of hydrogen-bond donors (Lipinski definition) is 0. The maximum atomic E-state index is 13.3. The summed E-state index contributed by atoms with van der Waals surface area (Å²) < 4.78 is 122. The van der Waals surface area contributed by atoms with Crippen molar-refractivity contribution in [2.24, 2.45) is 0 Å². The van der Waals surface area contributed by atoms with Crippen LogP contribution in [0.1, 0.15) is 15.9 Å². The maximum Gasteiger partial charge on any atom is 1.00 e. The molecular formula is C16H14F5NaO7S3. The molecule has 1 unspecified atom stereocenters. The van der Waals surface area contributed by atoms with Gasteiger partial charge in [0.1, 0.15) is 21.3 Å². The Kier molecular flexibility index (Phi) is 7.67. The zero-order chi connectivity index (χ0) is 24.1. The van der Waals surface area contributed by atoms with Crippen LogP contribution in [0.5, 0.6) is 11.5 Å². The van der Waals surface area contributed by atoms with Gasteiger partial charge in [-0.25, -0.2) is 13.2 Å². The molecule has 0 bridgehead atoms. The van der Waals surface area contributed by atoms with E-state index in [1.54, 1.807) is 0 Å². The molecule has 0 fully saturated rings. The first-order chi connectivity index (χ1) is 13.7. The van der Waals surface area contributed by atoms with Gasteiger partial charge in [0.2, 0.25) is 0 Å². The van der Waals surface area contributed by atoms with Crippen molar-refractivity contribution in [1.82, 2.24) is 0 Å². The number of methoxy groups -OCH3 is 1. The van der Waals surface area contributed by atoms with Crippen LogP contribution in [0.15, 0.2) is 45.0 Å². The molecule has 0 saturated carbocycles. The second-order valence-electron chi connectivity index (χ2n) is 6.29. The fraction of sp³-hybridized carbons (Fsp3) is 0.188. The smallest absolute Gasteiger partial charge is 0.768 e. The maximum absolute atomic E-state index is 13.3. The number of carbonyl (C=O) groups excluding carboxylic acids is 1. The summed E-state index contributed by atoms with van der Waals surface area (Å²) in [5.41, 5.74) is -0.0699. The van der Waals surface area contributed by atoms with Crippen LogP contribution in [0.25, 0.3) is 0 Å². The topological polar surface area (TPSA) is 110 Å². The van der Waals surface area contributed by atoms with E-state index in [1.165, 1.54) is 6.92 Å². The Morgan fingerprint density at radius 1 is 1.09 bits per heavy atom. The minimum absolute atomic E-state index is 0. The van der Waals surface area contributed by atoms with Crippen LogP contribution in [0.3, 0.4) is 0 Å². The fourth-order valence-corrected chi connectivity index (χ4v) is 5.14. The molecule has 0 spiro atoms. The molecule has 7 nitrogen and oxygen atoms in total. The summed E-state index contributed by atoms with van der Waals surface area (Å²) >= 11 is -3.65. The number of sulfone groups is 1. The quantitative estimate of drug-likeness (QED) is 0.242. The first-order valence-electron chi connectivity index (χ1n) is 7.83. The third kappa shape index (κ3) is 6.65. The summed E-state index contributed by atoms with van der Waals surface area (Å²) in [6, 6.07) is 2.51. The second-order valence-corrected chi connectivity index (χ2v) is 11.6. The van der Waals surface area contributed by atoms with Crippen molar-refractivity contribution in [3.05, 3.63) is 41.5 Å². The van der Waals surface area contributed by atoms with Gasteiger partial charge < -0.3 is 14.0 Å². The molecule has 0 aliphatic heterocycles. The normalized spacial score (nSPS) is 15.0. The van der Waals surface area contributed by atoms with Crippen molar-refractivity contribution < 1.29 is 80.4 Å². The standard InChI is InChI=1S/C16H15F5O7S3.Na/c1-9-6-12(14(30(3,25)26)8-11(9)16(22)27-2)28-10-4-5-13(29(23)24)15(7-10)31(17,18,19,20)21;/h4-8H,1-3H3,(H,23,24);/q;+1/p-1. The molecule has 0 saturated heterocycles. The van der Waals surface area contributed by atoms with Crippen LogP contribution in [0, 0.1) is 6.92 Å². The van der Waals surface area contributed by atoms with Crippen LogP contribution in [-0.4, -0.2) is 36.5 Å². The Bertz CT molecular complexity index is 1220. The number of rotatable bonds is 6. The first kappa shape index (κ1) is 28.8. The van der Waals surface area contributed by atoms with Gasteiger partial charge in [0.15, 0.2) is 9.84 Å². The Balaban J connectivity index is 0.00000512. The minimum Gasteiger partial charge on any atom is -0.768 e. The molecule has 2 aromatic carbocycles. The van der Waals surface area contributed by atoms with Crippen molar-refractivity contribution in [1.29, 1.82) is 0 Å². The molecule has 0 aliphatic rings. The summed E-state index contributed by atoms with van der Waals surface area (Å²) in [6.07, 6.45) is 0.718. The van der Waals surface area contributed by atoms with E-state index in [0.717, 1.165) is 25.5 Å². The fourth-order valence-electron chi connectivity index (χ4n) is 2.48. The van der Waals surface area contributed by atoms with Gasteiger partial charge in [-0.15, -0.1) is 0 Å². The van der Waals surface area contributed by atoms with Crippen molar-refractivity contribution >= 4 is 37.1 Å². The Morgan fingerprint density at radius 2 is 1.66 bits per heavy atom. The van der Waals surface area contributed by atoms with Crippen LogP contribution in [0.2, 0.25) is 0 Å². The molecule has 0 aliphatic carbocycles. The van der Waals surface area contributed by atoms with Gasteiger partial charge in [0, 0.05) is 17.2 Å². The summed E-state index contributed by atoms with van der Waals surface area (Å²) in [5.74, 6) is -2.39. The molecule has 1 atom stereocenters. The first-order valence-corrected chi connectivity index (χ1v) is 12.7. The second kappa shape index (κ2) is 8.52. The van der Waals surface area contributed by atoms with Crippen molar-refractivity contribution in [3.8, 4) is 11.5 Å². The number of hydrogen-bond acceptors (Lipinski definition) is 7. The Labute approximate surface area is 204 Å². The van der Waals surface area contributed by atoms with Gasteiger partial charge >= 0.3 is 45.8 Å². The number of aryl methyl sites for hydroxylation is 1. The van der Waals surface area contributed by atoms with Crippen molar-refractivity contribution in [2.45, 2.75) is 21.6 Å². The van der Waals surface area contributed by atoms with Gasteiger partial charge in [-0.1, -0.05) is 19.4 Å². The zero-order valence-corrected chi connectivity index (χ0v) is 21.3. The van der Waals surface area contributed by atoms with Gasteiger partial charge in [0.25, 0.3) is 0 Å². The average molecular weight is 532 g/mol. The van der Waals surface area contributed by atoms with Gasteiger partial charge in [-0.05, 0) is 47.8 Å². The summed E-state index contributed by atoms with van der Waals surface area (Å²) in [6.45, 7) is 1.34. The molecular weight excluding hydrogens is 518 g/mol. The van der Waals surface area contributed by atoms with Gasteiger partial charge in [0.05, 0.1) is 12.7 Å². The molecule has 32 heavy (non-hydrogen) atoms. The number of ether oxygens (including phenoxy) is 2. The van der Waals surface area contributed by atoms with E-state index >= 15 is 0 Å². The summed E-state index contributed by atoms with van der Waals surface area (Å²) in [4.78, 5) is 6.74. The number of carbonyl (C=O) groups is 1. The third-order valence-corrected chi connectivity index (χ3v) is 6.96. The molecule has 174 valence electrons. The van der Waals surface area contributed by atoms with Crippen LogP contribution < -0.4 is 34.3 Å². The predicted molar refractivity (Wildman–Crippen MR) is 101 cm³/mol. The molecule has 0 amide bonds. The van der Waals surface area contributed by atoms with Crippen LogP contribution >= 0.6 is 10.2 Å². The average Bonchev–Trinajstić information content (AvgIpc) is 2.58. The van der Waals surface area contributed by atoms with E-state index in [4.69, 9.17) is 4.74 Å². The largest absolute Gasteiger partial charge is 1.00 e. The Morgan fingerprint density at radius 3 is 2.09 bits per heavy atom. The van der Waals surface area contributed by atoms with E-state index in [1.807, 2.05) is 0 Å². The molecule has 0 aromatic heterocycles. The van der Waals surface area contributed by atoms with E-state index in [9.17, 15) is 41.4 Å². The monoisotopic (exact) mass is 532 g/mol. The van der Waals surface area contributed by atoms with Crippen LogP contribution in [-0.2, 0) is 25.7 Å². The van der Waals surface area contributed by atoms with Crippen molar-refractivity contribution in [2.75, 3.05) is 13.4 Å². The number of benzene rings is 2. The molecule has 16 heteroatoms. The van der Waals surface area contributed by atoms with E-state index in [2.05, 4.69) is 4.74 Å². The molecule has 2 rings (SSSR count). The molecule has 0 radical (unpaired) electrons. The van der Waals surface area contributed by atoms with Gasteiger partial charge in [-0.2, -0.15) is 0 Å². The van der Waals surface area contributed by atoms with E-state index < -0.39 is 63.3 Å². The SMILES string of the molecule is COC(=O)c1cc(S(C)(=O)=O)c(Oc2ccc(S(=O)[O-])c(S(F)(F)(F)(F)F)c2)cc1C.[Na+]. The Hall–Kier alpha value is -1.23. The third-order valence-electron chi connectivity index (χ3n) is 3.83. The van der Waals surface area contributed by atoms with Gasteiger partial charge in [-0.3, -0.25) is 4.21 Å².